The summed E-state index contributed by atoms with van der Waals surface area (Å²) in [5.41, 5.74) is 6.30. The Morgan fingerprint density at radius 3 is 2.64 bits per heavy atom. The predicted octanol–water partition coefficient (Wildman–Crippen LogP) is 4.77. The zero-order chi connectivity index (χ0) is 19.5. The van der Waals surface area contributed by atoms with Gasteiger partial charge in [-0.15, -0.1) is 0 Å². The van der Waals surface area contributed by atoms with Crippen LogP contribution in [0, 0.1) is 11.3 Å². The van der Waals surface area contributed by atoms with Crippen molar-refractivity contribution in [1.82, 2.24) is 4.90 Å². The minimum Gasteiger partial charge on any atom is -0.464 e. The first-order chi connectivity index (χ1) is 13.7. The molecular formula is C24H24N2O2. The standard InChI is InChI=1S/C24H24N2O2/c1-2-10-26(15-18-8-6-17(14-25)7-9-18)24(27)13-21-16-28-23-12-20-5-3-4-19(20)11-22(21)23/h6-9,11-12,16H,2-5,10,13,15H2,1H3. The molecule has 4 heteroatoms. The third-order valence-corrected chi connectivity index (χ3v) is 5.51. The highest BCUT2D eigenvalue weighted by atomic mass is 16.3. The van der Waals surface area contributed by atoms with Crippen molar-refractivity contribution in [2.24, 2.45) is 0 Å². The van der Waals surface area contributed by atoms with Gasteiger partial charge in [-0.05, 0) is 66.6 Å². The number of nitriles is 1. The summed E-state index contributed by atoms with van der Waals surface area (Å²) < 4.78 is 5.76. The van der Waals surface area contributed by atoms with E-state index in [4.69, 9.17) is 9.68 Å². The van der Waals surface area contributed by atoms with Gasteiger partial charge in [0.05, 0.1) is 24.3 Å². The van der Waals surface area contributed by atoms with Gasteiger partial charge in [0, 0.05) is 24.0 Å². The molecule has 0 radical (unpaired) electrons. The first kappa shape index (κ1) is 18.3. The van der Waals surface area contributed by atoms with Gasteiger partial charge in [0.1, 0.15) is 5.58 Å². The molecule has 0 saturated carbocycles. The summed E-state index contributed by atoms with van der Waals surface area (Å²) in [7, 11) is 0. The maximum Gasteiger partial charge on any atom is 0.227 e. The van der Waals surface area contributed by atoms with E-state index in [1.807, 2.05) is 17.0 Å². The van der Waals surface area contributed by atoms with Gasteiger partial charge >= 0.3 is 0 Å². The van der Waals surface area contributed by atoms with Crippen molar-refractivity contribution in [3.63, 3.8) is 0 Å². The molecule has 1 heterocycles. The number of hydrogen-bond acceptors (Lipinski definition) is 3. The summed E-state index contributed by atoms with van der Waals surface area (Å²) in [6, 6.07) is 13.9. The van der Waals surface area contributed by atoms with Crippen LogP contribution in [-0.2, 0) is 30.6 Å². The largest absolute Gasteiger partial charge is 0.464 e. The molecule has 0 spiro atoms. The van der Waals surface area contributed by atoms with Crippen molar-refractivity contribution in [1.29, 1.82) is 5.26 Å². The van der Waals surface area contributed by atoms with Crippen LogP contribution in [0.15, 0.2) is 47.1 Å². The van der Waals surface area contributed by atoms with E-state index in [-0.39, 0.29) is 5.91 Å². The minimum absolute atomic E-state index is 0.106. The van der Waals surface area contributed by atoms with Crippen LogP contribution in [0.4, 0.5) is 0 Å². The Kier molecular flexibility index (Phi) is 5.16. The van der Waals surface area contributed by atoms with E-state index in [9.17, 15) is 4.79 Å². The highest BCUT2D eigenvalue weighted by Crippen LogP contribution is 2.30. The van der Waals surface area contributed by atoms with Gasteiger partial charge in [-0.25, -0.2) is 0 Å². The van der Waals surface area contributed by atoms with Gasteiger partial charge in [0.15, 0.2) is 0 Å². The molecule has 1 aliphatic carbocycles. The Morgan fingerprint density at radius 1 is 1.18 bits per heavy atom. The van der Waals surface area contributed by atoms with Gasteiger partial charge in [0.2, 0.25) is 5.91 Å². The van der Waals surface area contributed by atoms with Gasteiger partial charge in [-0.1, -0.05) is 19.1 Å². The smallest absolute Gasteiger partial charge is 0.227 e. The number of rotatable bonds is 6. The van der Waals surface area contributed by atoms with Gasteiger partial charge in [-0.3, -0.25) is 4.79 Å². The van der Waals surface area contributed by atoms with E-state index >= 15 is 0 Å². The van der Waals surface area contributed by atoms with Crippen LogP contribution < -0.4 is 0 Å². The van der Waals surface area contributed by atoms with E-state index in [0.717, 1.165) is 41.4 Å². The van der Waals surface area contributed by atoms with Crippen molar-refractivity contribution in [2.75, 3.05) is 6.54 Å². The van der Waals surface area contributed by atoms with Crippen LogP contribution in [0.5, 0.6) is 0 Å². The van der Waals surface area contributed by atoms with E-state index in [1.165, 1.54) is 17.5 Å². The normalized spacial score (nSPS) is 12.7. The number of carbonyl (C=O) groups excluding carboxylic acids is 1. The zero-order valence-corrected chi connectivity index (χ0v) is 16.2. The van der Waals surface area contributed by atoms with Crippen molar-refractivity contribution in [3.05, 3.63) is 70.5 Å². The number of amides is 1. The second-order valence-corrected chi connectivity index (χ2v) is 7.53. The quantitative estimate of drug-likeness (QED) is 0.626. The molecule has 1 amide bonds. The second-order valence-electron chi connectivity index (χ2n) is 7.53. The predicted molar refractivity (Wildman–Crippen MR) is 109 cm³/mol. The monoisotopic (exact) mass is 372 g/mol. The van der Waals surface area contributed by atoms with Crippen LogP contribution in [0.3, 0.4) is 0 Å². The number of fused-ring (bicyclic) bond motifs is 2. The summed E-state index contributed by atoms with van der Waals surface area (Å²) in [4.78, 5) is 14.9. The fourth-order valence-electron chi connectivity index (χ4n) is 4.03. The Bertz CT molecular complexity index is 1040. The molecule has 28 heavy (non-hydrogen) atoms. The fourth-order valence-corrected chi connectivity index (χ4v) is 4.03. The van der Waals surface area contributed by atoms with Crippen LogP contribution in [0.1, 0.15) is 47.6 Å². The highest BCUT2D eigenvalue weighted by molar-refractivity contribution is 5.88. The number of aryl methyl sites for hydroxylation is 2. The molecule has 0 aliphatic heterocycles. The molecule has 1 aliphatic rings. The van der Waals surface area contributed by atoms with Crippen LogP contribution in [-0.4, -0.2) is 17.4 Å². The molecule has 0 unspecified atom stereocenters. The van der Waals surface area contributed by atoms with Gasteiger partial charge in [-0.2, -0.15) is 5.26 Å². The number of furan rings is 1. The number of benzene rings is 2. The highest BCUT2D eigenvalue weighted by Gasteiger charge is 2.19. The summed E-state index contributed by atoms with van der Waals surface area (Å²) in [5.74, 6) is 0.106. The average molecular weight is 372 g/mol. The molecule has 0 atom stereocenters. The van der Waals surface area contributed by atoms with Gasteiger partial charge < -0.3 is 9.32 Å². The minimum atomic E-state index is 0.106. The summed E-state index contributed by atoms with van der Waals surface area (Å²) in [6.45, 7) is 3.35. The number of nitrogens with zero attached hydrogens (tertiary/aromatic N) is 2. The molecular weight excluding hydrogens is 348 g/mol. The lowest BCUT2D eigenvalue weighted by Gasteiger charge is -2.22. The lowest BCUT2D eigenvalue weighted by molar-refractivity contribution is -0.131. The van der Waals surface area contributed by atoms with E-state index < -0.39 is 0 Å². The summed E-state index contributed by atoms with van der Waals surface area (Å²) in [6.07, 6.45) is 6.43. The fraction of sp³-hybridized carbons (Fsp3) is 0.333. The molecule has 0 bridgehead atoms. The Morgan fingerprint density at radius 2 is 1.93 bits per heavy atom. The molecule has 0 N–H and O–H groups in total. The van der Waals surface area contributed by atoms with Gasteiger partial charge in [0.25, 0.3) is 0 Å². The van der Waals surface area contributed by atoms with Crippen LogP contribution in [0.25, 0.3) is 11.0 Å². The lowest BCUT2D eigenvalue weighted by Crippen LogP contribution is -2.32. The first-order valence-corrected chi connectivity index (χ1v) is 9.96. The molecule has 142 valence electrons. The second kappa shape index (κ2) is 7.90. The van der Waals surface area contributed by atoms with Crippen molar-refractivity contribution >= 4 is 16.9 Å². The first-order valence-electron chi connectivity index (χ1n) is 9.96. The maximum absolute atomic E-state index is 13.0. The molecule has 3 aromatic rings. The van der Waals surface area contributed by atoms with Crippen LogP contribution >= 0.6 is 0 Å². The number of hydrogen-bond donors (Lipinski definition) is 0. The van der Waals surface area contributed by atoms with E-state index in [0.29, 0.717) is 25.1 Å². The third kappa shape index (κ3) is 3.66. The lowest BCUT2D eigenvalue weighted by atomic mass is 10.0. The van der Waals surface area contributed by atoms with Crippen molar-refractivity contribution in [2.45, 2.75) is 45.6 Å². The summed E-state index contributed by atoms with van der Waals surface area (Å²) in [5, 5.41) is 10.0. The maximum atomic E-state index is 13.0. The van der Waals surface area contributed by atoms with Crippen LogP contribution in [0.2, 0.25) is 0 Å². The Hall–Kier alpha value is -3.06. The average Bonchev–Trinajstić information content (AvgIpc) is 3.33. The van der Waals surface area contributed by atoms with Crippen molar-refractivity contribution in [3.8, 4) is 6.07 Å². The summed E-state index contributed by atoms with van der Waals surface area (Å²) >= 11 is 0. The number of carbonyl (C=O) groups is 1. The topological polar surface area (TPSA) is 57.2 Å². The third-order valence-electron chi connectivity index (χ3n) is 5.51. The SMILES string of the molecule is CCCN(Cc1ccc(C#N)cc1)C(=O)Cc1coc2cc3c(cc12)CCC3. The molecule has 2 aromatic carbocycles. The zero-order valence-electron chi connectivity index (χ0n) is 16.2. The Labute approximate surface area is 165 Å². The molecule has 1 aromatic heterocycles. The molecule has 0 saturated heterocycles. The molecule has 0 fully saturated rings. The van der Waals surface area contributed by atoms with E-state index in [2.05, 4.69) is 25.1 Å². The Balaban J connectivity index is 1.53. The van der Waals surface area contributed by atoms with E-state index in [1.54, 1.807) is 18.4 Å². The van der Waals surface area contributed by atoms with Crippen molar-refractivity contribution < 1.29 is 9.21 Å². The molecule has 4 rings (SSSR count). The molecule has 4 nitrogen and oxygen atoms in total.